The van der Waals surface area contributed by atoms with Crippen LogP contribution in [-0.4, -0.2) is 24.2 Å². The minimum Gasteiger partial charge on any atom is -0.478 e. The van der Waals surface area contributed by atoms with Gasteiger partial charge < -0.3 is 10.0 Å². The number of carbonyl (C=O) groups is 1. The van der Waals surface area contributed by atoms with Crippen LogP contribution in [0, 0.1) is 5.92 Å². The Labute approximate surface area is 120 Å². The van der Waals surface area contributed by atoms with E-state index in [9.17, 15) is 4.79 Å². The lowest BCUT2D eigenvalue weighted by atomic mass is 9.98. The molecule has 1 heterocycles. The Kier molecular flexibility index (Phi) is 4.83. The van der Waals surface area contributed by atoms with E-state index in [0.717, 1.165) is 31.0 Å². The molecule has 0 saturated heterocycles. The number of anilines is 1. The highest BCUT2D eigenvalue weighted by Crippen LogP contribution is 2.28. The van der Waals surface area contributed by atoms with Crippen LogP contribution in [0.25, 0.3) is 6.08 Å². The summed E-state index contributed by atoms with van der Waals surface area (Å²) in [5, 5.41) is 8.68. The molecule has 0 amide bonds. The third kappa shape index (κ3) is 3.86. The van der Waals surface area contributed by atoms with E-state index in [2.05, 4.69) is 30.9 Å². The first kappa shape index (κ1) is 14.6. The normalized spacial score (nSPS) is 14.8. The van der Waals surface area contributed by atoms with Gasteiger partial charge >= 0.3 is 5.97 Å². The summed E-state index contributed by atoms with van der Waals surface area (Å²) < 4.78 is 0. The fourth-order valence-corrected chi connectivity index (χ4v) is 2.61. The molecule has 2 rings (SSSR count). The van der Waals surface area contributed by atoms with Gasteiger partial charge in [-0.1, -0.05) is 19.9 Å². The van der Waals surface area contributed by atoms with E-state index >= 15 is 0 Å². The van der Waals surface area contributed by atoms with Crippen molar-refractivity contribution in [3.8, 4) is 0 Å². The van der Waals surface area contributed by atoms with Gasteiger partial charge in [-0.2, -0.15) is 0 Å². The van der Waals surface area contributed by atoms with Crippen LogP contribution in [0.2, 0.25) is 0 Å². The van der Waals surface area contributed by atoms with Crippen molar-refractivity contribution in [2.45, 2.75) is 33.1 Å². The average molecular weight is 273 g/mol. The molecule has 3 heteroatoms. The van der Waals surface area contributed by atoms with Crippen LogP contribution in [0.4, 0.5) is 5.69 Å². The molecule has 0 fully saturated rings. The number of hydrogen-bond donors (Lipinski definition) is 1. The van der Waals surface area contributed by atoms with E-state index in [1.54, 1.807) is 6.08 Å². The van der Waals surface area contributed by atoms with Crippen molar-refractivity contribution in [2.75, 3.05) is 18.0 Å². The van der Waals surface area contributed by atoms with Crippen molar-refractivity contribution in [2.24, 2.45) is 5.92 Å². The van der Waals surface area contributed by atoms with Gasteiger partial charge in [-0.3, -0.25) is 0 Å². The van der Waals surface area contributed by atoms with Crippen LogP contribution >= 0.6 is 0 Å². The number of fused-ring (bicyclic) bond motifs is 1. The Morgan fingerprint density at radius 3 is 2.95 bits per heavy atom. The third-order valence-corrected chi connectivity index (χ3v) is 3.71. The zero-order valence-corrected chi connectivity index (χ0v) is 12.3. The SMILES string of the molecule is CC(C)CCN1CCCc2cc(/C=C/C(=O)O)ccc21. The van der Waals surface area contributed by atoms with Gasteiger partial charge in [-0.15, -0.1) is 0 Å². The summed E-state index contributed by atoms with van der Waals surface area (Å²) in [5.74, 6) is -0.181. The molecule has 3 nitrogen and oxygen atoms in total. The first-order valence-electron chi connectivity index (χ1n) is 7.35. The van der Waals surface area contributed by atoms with Crippen molar-refractivity contribution in [1.29, 1.82) is 0 Å². The highest BCUT2D eigenvalue weighted by Gasteiger charge is 2.16. The molecular weight excluding hydrogens is 250 g/mol. The summed E-state index contributed by atoms with van der Waals surface area (Å²) in [6.07, 6.45) is 6.33. The Bertz CT molecular complexity index is 506. The molecule has 0 atom stereocenters. The molecule has 0 aliphatic carbocycles. The molecule has 0 spiro atoms. The topological polar surface area (TPSA) is 40.5 Å². The van der Waals surface area contributed by atoms with Crippen molar-refractivity contribution >= 4 is 17.7 Å². The molecule has 0 unspecified atom stereocenters. The Balaban J connectivity index is 2.15. The molecular formula is C17H23NO2. The molecule has 108 valence electrons. The van der Waals surface area contributed by atoms with Gasteiger partial charge in [0.1, 0.15) is 0 Å². The number of aliphatic carboxylic acids is 1. The minimum absolute atomic E-state index is 0.721. The van der Waals surface area contributed by atoms with E-state index in [4.69, 9.17) is 5.11 Å². The largest absolute Gasteiger partial charge is 0.478 e. The lowest BCUT2D eigenvalue weighted by Crippen LogP contribution is -2.30. The van der Waals surface area contributed by atoms with Gasteiger partial charge in [0.05, 0.1) is 0 Å². The quantitative estimate of drug-likeness (QED) is 0.834. The second-order valence-corrected chi connectivity index (χ2v) is 5.83. The summed E-state index contributed by atoms with van der Waals surface area (Å²) in [6.45, 7) is 6.74. The fraction of sp³-hybridized carbons (Fsp3) is 0.471. The van der Waals surface area contributed by atoms with Gasteiger partial charge in [0, 0.05) is 24.9 Å². The second kappa shape index (κ2) is 6.60. The van der Waals surface area contributed by atoms with Gasteiger partial charge in [-0.25, -0.2) is 4.79 Å². The Morgan fingerprint density at radius 1 is 1.45 bits per heavy atom. The van der Waals surface area contributed by atoms with E-state index in [1.165, 1.54) is 30.2 Å². The van der Waals surface area contributed by atoms with Crippen LogP contribution in [0.1, 0.15) is 37.8 Å². The molecule has 0 radical (unpaired) electrons. The highest BCUT2D eigenvalue weighted by molar-refractivity contribution is 5.85. The lowest BCUT2D eigenvalue weighted by molar-refractivity contribution is -0.131. The summed E-state index contributed by atoms with van der Waals surface area (Å²) in [4.78, 5) is 13.0. The molecule has 1 N–H and O–H groups in total. The highest BCUT2D eigenvalue weighted by atomic mass is 16.4. The van der Waals surface area contributed by atoms with Crippen LogP contribution in [0.5, 0.6) is 0 Å². The Hall–Kier alpha value is -1.77. The molecule has 0 aromatic heterocycles. The fourth-order valence-electron chi connectivity index (χ4n) is 2.61. The molecule has 1 aliphatic heterocycles. The summed E-state index contributed by atoms with van der Waals surface area (Å²) in [5.41, 5.74) is 3.63. The van der Waals surface area contributed by atoms with Crippen LogP contribution < -0.4 is 4.90 Å². The summed E-state index contributed by atoms with van der Waals surface area (Å²) in [6, 6.07) is 6.26. The second-order valence-electron chi connectivity index (χ2n) is 5.83. The molecule has 1 aromatic carbocycles. The summed E-state index contributed by atoms with van der Waals surface area (Å²) >= 11 is 0. The van der Waals surface area contributed by atoms with Gasteiger partial charge in [0.2, 0.25) is 0 Å². The zero-order valence-electron chi connectivity index (χ0n) is 12.3. The van der Waals surface area contributed by atoms with Crippen molar-refractivity contribution in [3.05, 3.63) is 35.4 Å². The predicted molar refractivity (Wildman–Crippen MR) is 83.1 cm³/mol. The van der Waals surface area contributed by atoms with Crippen LogP contribution in [0.15, 0.2) is 24.3 Å². The summed E-state index contributed by atoms with van der Waals surface area (Å²) in [7, 11) is 0. The van der Waals surface area contributed by atoms with E-state index < -0.39 is 5.97 Å². The minimum atomic E-state index is -0.902. The maximum atomic E-state index is 10.6. The van der Waals surface area contributed by atoms with Crippen molar-refractivity contribution in [1.82, 2.24) is 0 Å². The van der Waals surface area contributed by atoms with E-state index in [1.807, 2.05) is 6.07 Å². The van der Waals surface area contributed by atoms with Gasteiger partial charge in [-0.05, 0) is 54.5 Å². The third-order valence-electron chi connectivity index (χ3n) is 3.71. The monoisotopic (exact) mass is 273 g/mol. The first-order valence-corrected chi connectivity index (χ1v) is 7.35. The number of nitrogens with zero attached hydrogens (tertiary/aromatic N) is 1. The average Bonchev–Trinajstić information content (AvgIpc) is 2.42. The van der Waals surface area contributed by atoms with Gasteiger partial charge in [0.25, 0.3) is 0 Å². The molecule has 0 saturated carbocycles. The van der Waals surface area contributed by atoms with Gasteiger partial charge in [0.15, 0.2) is 0 Å². The number of rotatable bonds is 5. The van der Waals surface area contributed by atoms with Crippen LogP contribution in [-0.2, 0) is 11.2 Å². The Morgan fingerprint density at radius 2 is 2.25 bits per heavy atom. The molecule has 0 bridgehead atoms. The first-order chi connectivity index (χ1) is 9.56. The van der Waals surface area contributed by atoms with Crippen LogP contribution in [0.3, 0.4) is 0 Å². The number of benzene rings is 1. The van der Waals surface area contributed by atoms with E-state index in [-0.39, 0.29) is 0 Å². The number of aryl methyl sites for hydroxylation is 1. The maximum absolute atomic E-state index is 10.6. The zero-order chi connectivity index (χ0) is 14.5. The molecule has 1 aromatic rings. The molecule has 20 heavy (non-hydrogen) atoms. The van der Waals surface area contributed by atoms with Crippen molar-refractivity contribution < 1.29 is 9.90 Å². The number of hydrogen-bond acceptors (Lipinski definition) is 2. The number of carboxylic acids is 1. The molecule has 1 aliphatic rings. The standard InChI is InChI=1S/C17H23NO2/c1-13(2)9-11-18-10-3-4-15-12-14(5-7-16(15)18)6-8-17(19)20/h5-8,12-13H,3-4,9-11H2,1-2H3,(H,19,20)/b8-6+. The van der Waals surface area contributed by atoms with Crippen molar-refractivity contribution in [3.63, 3.8) is 0 Å². The van der Waals surface area contributed by atoms with E-state index in [0.29, 0.717) is 0 Å². The predicted octanol–water partition coefficient (Wildman–Crippen LogP) is 3.58. The number of carboxylic acid groups (broad SMARTS) is 1. The smallest absolute Gasteiger partial charge is 0.328 e. The lowest BCUT2D eigenvalue weighted by Gasteiger charge is -2.32. The maximum Gasteiger partial charge on any atom is 0.328 e.